The molecule has 0 aliphatic heterocycles. The number of thiazole rings is 1. The quantitative estimate of drug-likeness (QED) is 0.395. The number of anilines is 1. The van der Waals surface area contributed by atoms with Crippen LogP contribution in [0.4, 0.5) is 5.00 Å². The van der Waals surface area contributed by atoms with Gasteiger partial charge in [-0.1, -0.05) is 11.3 Å². The molecule has 0 spiro atoms. The molecule has 1 aromatic carbocycles. The molecule has 1 N–H and O–H groups in total. The van der Waals surface area contributed by atoms with Crippen LogP contribution in [0.1, 0.15) is 41.1 Å². The Labute approximate surface area is 221 Å². The number of aromatic nitrogens is 1. The number of amides is 2. The Morgan fingerprint density at radius 1 is 1.14 bits per heavy atom. The molecule has 0 saturated heterocycles. The Balaban J connectivity index is 1.49. The van der Waals surface area contributed by atoms with Gasteiger partial charge in [0.15, 0.2) is 14.6 Å². The molecule has 37 heavy (non-hydrogen) atoms. The molecule has 13 heteroatoms. The number of nitrogens with one attached hydrogen (secondary N) is 1. The molecule has 0 unspecified atom stereocenters. The fourth-order valence-corrected chi connectivity index (χ4v) is 7.70. The van der Waals surface area contributed by atoms with Crippen LogP contribution in [0.5, 0.6) is 5.75 Å². The third-order valence-corrected chi connectivity index (χ3v) is 9.40. The van der Waals surface area contributed by atoms with Crippen LogP contribution in [0.3, 0.4) is 0 Å². The normalized spacial score (nSPS) is 13.5. The highest BCUT2D eigenvalue weighted by Crippen LogP contribution is 2.39. The molecule has 2 amide bonds. The fraction of sp³-hybridized carbons (Fsp3) is 0.417. The topological polar surface area (TPSA) is 133 Å². The predicted molar refractivity (Wildman–Crippen MR) is 142 cm³/mol. The van der Waals surface area contributed by atoms with E-state index in [4.69, 9.17) is 9.47 Å². The lowest BCUT2D eigenvalue weighted by Gasteiger charge is -2.07. The lowest BCUT2D eigenvalue weighted by molar-refractivity contribution is -0.115. The molecule has 0 atom stereocenters. The zero-order chi connectivity index (χ0) is 26.7. The molecule has 1 aliphatic rings. The van der Waals surface area contributed by atoms with Crippen LogP contribution in [0.25, 0.3) is 10.2 Å². The van der Waals surface area contributed by atoms with E-state index in [0.29, 0.717) is 30.1 Å². The van der Waals surface area contributed by atoms with Gasteiger partial charge in [-0.3, -0.25) is 9.59 Å². The van der Waals surface area contributed by atoms with E-state index >= 15 is 0 Å². The first-order chi connectivity index (χ1) is 17.7. The number of thiophene rings is 1. The highest BCUT2D eigenvalue weighted by atomic mass is 32.2. The number of carbonyl (C=O) groups is 3. The van der Waals surface area contributed by atoms with Crippen molar-refractivity contribution in [2.75, 3.05) is 30.5 Å². The third kappa shape index (κ3) is 5.94. The van der Waals surface area contributed by atoms with Gasteiger partial charge in [0.05, 0.1) is 29.5 Å². The minimum absolute atomic E-state index is 0.272. The van der Waals surface area contributed by atoms with Gasteiger partial charge < -0.3 is 19.4 Å². The maximum absolute atomic E-state index is 12.6. The standard InChI is InChI=1S/C24H27N3O7S3/c1-4-27-16-10-9-14(34-5-2)11-18(16)36-24(27)26-20(29)13-37(31,32)12-19(28)25-22-21(23(30)33-3)15-7-6-8-17(15)35-22/h9-11H,4-8,12-13H2,1-3H3,(H,25,28). The van der Waals surface area contributed by atoms with Crippen LogP contribution in [-0.2, 0) is 43.5 Å². The van der Waals surface area contributed by atoms with Crippen molar-refractivity contribution in [2.45, 2.75) is 39.7 Å². The molecular formula is C24H27N3O7S3. The first-order valence-corrected chi connectivity index (χ1v) is 15.2. The molecule has 0 fully saturated rings. The van der Waals surface area contributed by atoms with Gasteiger partial charge in [0, 0.05) is 11.4 Å². The van der Waals surface area contributed by atoms with E-state index in [-0.39, 0.29) is 10.6 Å². The first-order valence-electron chi connectivity index (χ1n) is 11.7. The van der Waals surface area contributed by atoms with Crippen molar-refractivity contribution in [2.24, 2.45) is 4.99 Å². The van der Waals surface area contributed by atoms with Crippen molar-refractivity contribution in [3.63, 3.8) is 0 Å². The molecule has 2 aromatic heterocycles. The number of hydrogen-bond acceptors (Lipinski definition) is 9. The van der Waals surface area contributed by atoms with Crippen molar-refractivity contribution < 1.29 is 32.3 Å². The molecule has 3 aromatic rings. The summed E-state index contributed by atoms with van der Waals surface area (Å²) in [5.74, 6) is -3.39. The molecule has 10 nitrogen and oxygen atoms in total. The number of aryl methyl sites for hydroxylation is 2. The van der Waals surface area contributed by atoms with Crippen LogP contribution in [0.15, 0.2) is 23.2 Å². The van der Waals surface area contributed by atoms with Gasteiger partial charge in [0.25, 0.3) is 5.91 Å². The summed E-state index contributed by atoms with van der Waals surface area (Å²) >= 11 is 2.50. The van der Waals surface area contributed by atoms with Gasteiger partial charge in [-0.15, -0.1) is 11.3 Å². The Kier molecular flexibility index (Phi) is 8.14. The number of carbonyl (C=O) groups excluding carboxylic acids is 3. The van der Waals surface area contributed by atoms with Gasteiger partial charge in [0.2, 0.25) is 5.91 Å². The van der Waals surface area contributed by atoms with E-state index in [1.165, 1.54) is 29.8 Å². The van der Waals surface area contributed by atoms with Crippen LogP contribution < -0.4 is 14.9 Å². The van der Waals surface area contributed by atoms with Gasteiger partial charge >= 0.3 is 5.97 Å². The molecule has 2 heterocycles. The predicted octanol–water partition coefficient (Wildman–Crippen LogP) is 2.94. The summed E-state index contributed by atoms with van der Waals surface area (Å²) in [7, 11) is -2.86. The smallest absolute Gasteiger partial charge is 0.341 e. The first kappa shape index (κ1) is 27.0. The molecule has 0 radical (unpaired) electrons. The summed E-state index contributed by atoms with van der Waals surface area (Å²) in [4.78, 5) is 42.8. The van der Waals surface area contributed by atoms with Crippen molar-refractivity contribution >= 4 is 65.5 Å². The second-order valence-corrected chi connectivity index (χ2v) is 12.5. The number of ether oxygens (including phenoxy) is 2. The van der Waals surface area contributed by atoms with Crippen LogP contribution in [-0.4, -0.2) is 56.0 Å². The minimum atomic E-state index is -4.11. The Bertz CT molecular complexity index is 1550. The summed E-state index contributed by atoms with van der Waals surface area (Å²) in [5, 5.41) is 2.80. The molecule has 4 rings (SSSR count). The van der Waals surface area contributed by atoms with Crippen LogP contribution in [0.2, 0.25) is 0 Å². The molecule has 1 aliphatic carbocycles. The minimum Gasteiger partial charge on any atom is -0.494 e. The van der Waals surface area contributed by atoms with Gasteiger partial charge in [-0.05, 0) is 56.9 Å². The highest BCUT2D eigenvalue weighted by Gasteiger charge is 2.29. The molecule has 198 valence electrons. The van der Waals surface area contributed by atoms with Gasteiger partial charge in [-0.2, -0.15) is 4.99 Å². The monoisotopic (exact) mass is 565 g/mol. The fourth-order valence-electron chi connectivity index (χ4n) is 4.25. The van der Waals surface area contributed by atoms with Crippen LogP contribution in [0, 0.1) is 0 Å². The second-order valence-electron chi connectivity index (χ2n) is 8.33. The summed E-state index contributed by atoms with van der Waals surface area (Å²) in [6, 6.07) is 5.55. The number of rotatable bonds is 9. The van der Waals surface area contributed by atoms with Gasteiger partial charge in [-0.25, -0.2) is 13.2 Å². The third-order valence-electron chi connectivity index (χ3n) is 5.76. The van der Waals surface area contributed by atoms with E-state index in [2.05, 4.69) is 10.3 Å². The molecule has 0 bridgehead atoms. The van der Waals surface area contributed by atoms with E-state index < -0.39 is 39.1 Å². The lowest BCUT2D eigenvalue weighted by atomic mass is 10.1. The van der Waals surface area contributed by atoms with Crippen molar-refractivity contribution in [3.8, 4) is 5.75 Å². The number of benzene rings is 1. The number of sulfone groups is 1. The summed E-state index contributed by atoms with van der Waals surface area (Å²) in [6.07, 6.45) is 2.39. The number of fused-ring (bicyclic) bond motifs is 2. The Morgan fingerprint density at radius 2 is 1.92 bits per heavy atom. The van der Waals surface area contributed by atoms with Crippen molar-refractivity contribution in [1.29, 1.82) is 0 Å². The van der Waals surface area contributed by atoms with E-state index in [9.17, 15) is 22.8 Å². The largest absolute Gasteiger partial charge is 0.494 e. The second kappa shape index (κ2) is 11.2. The molecular weight excluding hydrogens is 538 g/mol. The highest BCUT2D eigenvalue weighted by molar-refractivity contribution is 7.92. The summed E-state index contributed by atoms with van der Waals surface area (Å²) in [6.45, 7) is 4.83. The van der Waals surface area contributed by atoms with Crippen LogP contribution >= 0.6 is 22.7 Å². The SMILES string of the molecule is CCOc1ccc2c(c1)sc(=NC(=O)CS(=O)(=O)CC(=O)Nc1sc3c(c1C(=O)OC)CCC3)n2CC. The van der Waals surface area contributed by atoms with Crippen molar-refractivity contribution in [1.82, 2.24) is 4.57 Å². The Morgan fingerprint density at radius 3 is 2.62 bits per heavy atom. The zero-order valence-electron chi connectivity index (χ0n) is 20.7. The summed E-state index contributed by atoms with van der Waals surface area (Å²) in [5.41, 5.74) is 1.97. The van der Waals surface area contributed by atoms with E-state index in [1.54, 1.807) is 0 Å². The maximum Gasteiger partial charge on any atom is 0.341 e. The van der Waals surface area contributed by atoms with E-state index in [1.807, 2.05) is 36.6 Å². The molecule has 0 saturated carbocycles. The number of methoxy groups -OCH3 is 1. The van der Waals surface area contributed by atoms with Crippen molar-refractivity contribution in [3.05, 3.63) is 39.0 Å². The van der Waals surface area contributed by atoms with Gasteiger partial charge in [0.1, 0.15) is 22.3 Å². The lowest BCUT2D eigenvalue weighted by Crippen LogP contribution is -2.28. The number of esters is 1. The number of hydrogen-bond donors (Lipinski definition) is 1. The maximum atomic E-state index is 12.6. The van der Waals surface area contributed by atoms with E-state index in [0.717, 1.165) is 33.5 Å². The zero-order valence-corrected chi connectivity index (χ0v) is 23.1. The average molecular weight is 566 g/mol. The summed E-state index contributed by atoms with van der Waals surface area (Å²) < 4.78 is 38.3. The Hall–Kier alpha value is -3.03. The average Bonchev–Trinajstić information content (AvgIpc) is 3.49. The number of nitrogens with zero attached hydrogens (tertiary/aromatic N) is 2.